The number of imidazole rings is 2. The van der Waals surface area contributed by atoms with Gasteiger partial charge in [-0.3, -0.25) is 46.5 Å². The Kier molecular flexibility index (Phi) is 37.1. The van der Waals surface area contributed by atoms with Crippen molar-refractivity contribution in [2.75, 3.05) is 158 Å². The third-order valence-electron chi connectivity index (χ3n) is 23.9. The first-order valence-corrected chi connectivity index (χ1v) is 55.2. The number of methoxy groups -OCH3 is 5. The average Bonchev–Trinajstić information content (AvgIpc) is 1.61. The standard InChI is InChI=1S/C78H112N21O38P5S3/c1-11-43-44(24-50(127-43)98-36-89-51-65(81)84-34-87-68(51)98)133-140(109,143)125-31-48-55(60(119-21-16-114-8)76(132-48)99-37-90-52-66(82)85-35-88-69(52)99)135-138(105,106)122-29-46-54(59(118-20-15-113-7)74(130-46)96-25-38(2)63(79)92-77(96)103)134-139(107,108)123-30-47-56(61(120-22-17-115-9)73(129-47)94-13-12-42-64(80)83-33-86-67(42)94)136-142(111,145)126-32-49-57(62(121-23-18-116-10)75(131-49)97-27-40(4)71(102)93-78(97)104)137-141(110,144)124-28-45-53(100)58(117-19-14-112-6)72(128-45)95-26-39(3)70(101)91-41(95)5/h12-13,25-27,33-37,43-50,53-62,72-76,100H,5,11,14-24,28-32H2,1-4,6-10H3,(H,91,101)(H,105,106)(H,107,108)(H,109,143)(H,110,144)(H,111,145)(H2,79,92,103)(H2,80,83,86)(H2,81,84,87)(H2,82,85,88)(H,93,102,104)/p-5/t43-,44?,45-,46-,47-,48-,49-,50-,53?,54?,55?,56?,57?,58+,59+,60+,61+,62+,72-,73-,74-,75-,76-,140?,141?,142?/m1/s1. The number of amides is 1. The third-order valence-corrected chi connectivity index (χ3v) is 30.4. The molecule has 11 unspecified atom stereocenters. The van der Waals surface area contributed by atoms with Crippen molar-refractivity contribution in [2.45, 2.75) is 182 Å². The van der Waals surface area contributed by atoms with E-state index >= 15 is 23.5 Å². The normalized spacial score (nSPS) is 29.8. The molecule has 7 aliphatic heterocycles. The van der Waals surface area contributed by atoms with Crippen LogP contribution in [0.25, 0.3) is 33.4 Å². The predicted octanol–water partition coefficient (Wildman–Crippen LogP) is -2.03. The number of hydrogen-bond donors (Lipinski definition) is 7. The summed E-state index contributed by atoms with van der Waals surface area (Å²) in [6, 6.07) is 1.50. The van der Waals surface area contributed by atoms with Crippen molar-refractivity contribution in [1.29, 1.82) is 0 Å². The van der Waals surface area contributed by atoms with Gasteiger partial charge < -0.3 is 196 Å². The van der Waals surface area contributed by atoms with E-state index in [0.717, 1.165) is 28.0 Å². The van der Waals surface area contributed by atoms with Crippen molar-refractivity contribution in [1.82, 2.24) is 82.9 Å². The Morgan fingerprint density at radius 2 is 0.924 bits per heavy atom. The summed E-state index contributed by atoms with van der Waals surface area (Å²) in [7, 11) is -5.49. The van der Waals surface area contributed by atoms with Gasteiger partial charge in [-0.25, -0.2) is 49.5 Å². The van der Waals surface area contributed by atoms with Crippen LogP contribution in [0.1, 0.15) is 69.0 Å². The molecule has 145 heavy (non-hydrogen) atoms. The number of aryl methyl sites for hydroxylation is 2. The van der Waals surface area contributed by atoms with Gasteiger partial charge in [0.1, 0.15) is 164 Å². The number of phosphoric ester groups is 2. The number of nitrogens with two attached hydrogens (primary N) is 4. The van der Waals surface area contributed by atoms with Crippen LogP contribution in [0.4, 0.5) is 23.3 Å². The minimum atomic E-state index is -6.18. The van der Waals surface area contributed by atoms with Gasteiger partial charge >= 0.3 is 11.4 Å². The van der Waals surface area contributed by atoms with Crippen LogP contribution in [0.2, 0.25) is 0 Å². The molecule has 0 saturated carbocycles. The molecule has 11 N–H and O–H groups in total. The molecule has 0 spiro atoms. The third kappa shape index (κ3) is 26.0. The number of nitrogens with one attached hydrogen (secondary N) is 2. The summed E-state index contributed by atoms with van der Waals surface area (Å²) in [6.07, 6.45) is -25.0. The van der Waals surface area contributed by atoms with E-state index in [1.165, 1.54) is 114 Å². The number of hydrogen-bond acceptors (Lipinski definition) is 55. The zero-order chi connectivity index (χ0) is 104. The van der Waals surface area contributed by atoms with E-state index in [1.807, 2.05) is 0 Å². The van der Waals surface area contributed by atoms with Crippen molar-refractivity contribution in [2.24, 2.45) is 0 Å². The van der Waals surface area contributed by atoms with Gasteiger partial charge in [-0.1, -0.05) is 37.1 Å². The van der Waals surface area contributed by atoms with Gasteiger partial charge in [0.15, 0.2) is 60.9 Å². The Morgan fingerprint density at radius 1 is 0.490 bits per heavy atom. The maximum atomic E-state index is 15.6. The van der Waals surface area contributed by atoms with Crippen molar-refractivity contribution < 1.29 is 164 Å². The van der Waals surface area contributed by atoms with Gasteiger partial charge in [0.25, 0.3) is 27.1 Å². The Hall–Kier alpha value is -7.67. The maximum Gasteiger partial charge on any atom is 0.351 e. The zero-order valence-corrected chi connectivity index (χ0v) is 85.7. The number of carbonyl (C=O) groups excluding carboxylic acids is 1. The monoisotopic (exact) mass is 2200 g/mol. The first-order chi connectivity index (χ1) is 69.2. The van der Waals surface area contributed by atoms with E-state index in [4.69, 9.17) is 180 Å². The molecule has 59 nitrogen and oxygen atoms in total. The van der Waals surface area contributed by atoms with Crippen LogP contribution in [0.3, 0.4) is 0 Å². The Morgan fingerprint density at radius 3 is 1.46 bits per heavy atom. The molecule has 15 rings (SSSR count). The molecule has 8 aromatic heterocycles. The Balaban J connectivity index is 0.716. The van der Waals surface area contributed by atoms with E-state index in [9.17, 15) is 34.1 Å². The van der Waals surface area contributed by atoms with Crippen LogP contribution < -0.4 is 64.8 Å². The lowest BCUT2D eigenvalue weighted by Gasteiger charge is -2.36. The van der Waals surface area contributed by atoms with Gasteiger partial charge in [0.2, 0.25) is 0 Å². The second-order valence-electron chi connectivity index (χ2n) is 33.4. The number of carbonyl (C=O) groups is 1. The quantitative estimate of drug-likeness (QED) is 0.0123. The molecule has 0 radical (unpaired) electrons. The van der Waals surface area contributed by atoms with Crippen LogP contribution in [0.15, 0.2) is 94.9 Å². The van der Waals surface area contributed by atoms with Crippen molar-refractivity contribution in [3.05, 3.63) is 123 Å². The fourth-order valence-corrected chi connectivity index (χ4v) is 23.1. The molecular weight excluding hydrogens is 2090 g/mol. The summed E-state index contributed by atoms with van der Waals surface area (Å²) in [4.78, 5) is 155. The number of anilines is 4. The number of aliphatic hydroxyl groups excluding tert-OH is 1. The number of fused-ring (bicyclic) bond motifs is 3. The van der Waals surface area contributed by atoms with Crippen LogP contribution in [0, 0.1) is 13.8 Å². The number of aliphatic hydroxyl groups is 1. The van der Waals surface area contributed by atoms with Crippen molar-refractivity contribution in [3.63, 3.8) is 0 Å². The number of aromatic nitrogens is 15. The summed E-state index contributed by atoms with van der Waals surface area (Å²) in [6.45, 7) is -12.4. The summed E-state index contributed by atoms with van der Waals surface area (Å²) >= 11 is 16.8. The van der Waals surface area contributed by atoms with Crippen LogP contribution in [-0.2, 0) is 175 Å². The molecule has 1 amide bonds. The number of aromatic amines is 1. The first kappa shape index (κ1) is 111. The number of H-pyrrole nitrogens is 1. The first-order valence-electron chi connectivity index (χ1n) is 44.6. The zero-order valence-electron chi connectivity index (χ0n) is 78.8. The smallest absolute Gasteiger partial charge is 0.351 e. The van der Waals surface area contributed by atoms with E-state index in [0.29, 0.717) is 12.1 Å². The molecule has 0 bridgehead atoms. The Labute approximate surface area is 839 Å². The molecule has 15 heterocycles. The highest BCUT2D eigenvalue weighted by Gasteiger charge is 2.57. The molecular formula is C78H107N21O38P5S3-5. The predicted molar refractivity (Wildman–Crippen MR) is 498 cm³/mol. The molecule has 6 fully saturated rings. The Bertz CT molecular complexity index is 6360. The largest absolute Gasteiger partial charge is 0.780 e. The highest BCUT2D eigenvalue weighted by Crippen LogP contribution is 2.57. The molecule has 800 valence electrons. The molecule has 0 aromatic carbocycles. The van der Waals surface area contributed by atoms with Gasteiger partial charge in [-0.15, -0.1) is 0 Å². The van der Waals surface area contributed by atoms with Gasteiger partial charge in [-0.05, 0) is 33.3 Å². The molecule has 8 aromatic rings. The summed E-state index contributed by atoms with van der Waals surface area (Å²) in [5.41, 5.74) is 23.0. The van der Waals surface area contributed by atoms with Crippen LogP contribution >= 0.6 is 35.9 Å². The number of ether oxygens (including phenoxy) is 16. The fourth-order valence-electron chi connectivity index (χ4n) is 16.9. The van der Waals surface area contributed by atoms with E-state index in [2.05, 4.69) is 61.7 Å². The fraction of sp³-hybridized carbons (Fsp3) is 0.628. The lowest BCUT2D eigenvalue weighted by atomic mass is 10.1. The SMILES string of the molecule is C=C1NC(=O)C(C)=CN1[C@@H]1O[C@H](COP([O-])(=S)OC2[C@@H](COP(=O)([S-])OC3[C@@H](COP(=O)([O-])OC4[C@@H](COP(=O)([O-])OC5[C@@H](COP([O-])(=S)OC6C[C@H](n7cnc8c(N)ncnc87)O[C@@H]6CC)O[C@@H](n6cnc7c(N)ncnc76)[C@H]5OCCOC)O[C@@H](n5cc(C)c(N)nc5=O)[C@H]4OCCOC)O[C@@H](n4ccc5c(N)ncnc54)[C@H]3OCCOC)O[C@@H](n3cc(C)c(=O)[nH]c3=O)[C@H]2OCCOC)C(O)[C@@H]1OCCOC. The van der Waals surface area contributed by atoms with Gasteiger partial charge in [-0.2, -0.15) is 4.98 Å². The minimum absolute atomic E-state index is 0.0197. The lowest BCUT2D eigenvalue weighted by Crippen LogP contribution is -2.48. The van der Waals surface area contributed by atoms with Crippen LogP contribution in [0.5, 0.6) is 0 Å². The topological polar surface area (TPSA) is 748 Å². The summed E-state index contributed by atoms with van der Waals surface area (Å²) < 4.78 is 209. The van der Waals surface area contributed by atoms with Crippen molar-refractivity contribution >= 4 is 134 Å². The minimum Gasteiger partial charge on any atom is -0.780 e. The van der Waals surface area contributed by atoms with Gasteiger partial charge in [0.05, 0.1) is 129 Å². The number of phosphoric acid groups is 2. The van der Waals surface area contributed by atoms with E-state index < -0.39 is 240 Å². The lowest BCUT2D eigenvalue weighted by molar-refractivity contribution is -0.241. The molecule has 28 atom stereocenters. The highest BCUT2D eigenvalue weighted by molar-refractivity contribution is 8.32. The number of rotatable bonds is 52. The molecule has 7 aliphatic rings. The second kappa shape index (κ2) is 48.3. The summed E-state index contributed by atoms with van der Waals surface area (Å²) in [5, 5.41) is 14.7. The molecule has 6 saturated heterocycles. The highest BCUT2D eigenvalue weighted by atomic mass is 32.7. The average molecular weight is 2200 g/mol. The van der Waals surface area contributed by atoms with Crippen LogP contribution in [-0.4, -0.2) is 333 Å². The maximum absolute atomic E-state index is 15.6. The molecule has 67 heteroatoms. The molecule has 0 aliphatic carbocycles. The summed E-state index contributed by atoms with van der Waals surface area (Å²) in [5.74, 6) is -0.664. The van der Waals surface area contributed by atoms with E-state index in [-0.39, 0.29) is 139 Å². The van der Waals surface area contributed by atoms with E-state index in [1.54, 1.807) is 11.5 Å². The van der Waals surface area contributed by atoms with Crippen molar-refractivity contribution in [3.8, 4) is 0 Å². The number of nitrogens with zero attached hydrogens (tertiary/aromatic N) is 15. The number of nitrogen functional groups attached to an aromatic ring is 4. The van der Waals surface area contributed by atoms with Gasteiger partial charge in [0, 0.05) is 83.5 Å². The second-order valence-corrected chi connectivity index (χ2v) is 44.2.